The molecule has 1 atom stereocenters. The van der Waals surface area contributed by atoms with E-state index in [1.165, 1.54) is 4.31 Å². The molecular weight excluding hydrogens is 464 g/mol. The van der Waals surface area contributed by atoms with E-state index < -0.39 is 16.1 Å². The molecule has 0 amide bonds. The van der Waals surface area contributed by atoms with Gasteiger partial charge in [0.15, 0.2) is 0 Å². The van der Waals surface area contributed by atoms with Crippen LogP contribution in [0.5, 0.6) is 5.75 Å². The molecule has 4 rings (SSSR count). The van der Waals surface area contributed by atoms with Crippen molar-refractivity contribution in [3.63, 3.8) is 0 Å². The van der Waals surface area contributed by atoms with Crippen molar-refractivity contribution in [2.45, 2.75) is 17.1 Å². The first kappa shape index (κ1) is 25.3. The van der Waals surface area contributed by atoms with Gasteiger partial charge in [-0.15, -0.1) is 0 Å². The molecule has 0 bridgehead atoms. The van der Waals surface area contributed by atoms with Crippen molar-refractivity contribution in [3.8, 4) is 5.75 Å². The van der Waals surface area contributed by atoms with Gasteiger partial charge in [0, 0.05) is 32.7 Å². The average molecular weight is 497 g/mol. The summed E-state index contributed by atoms with van der Waals surface area (Å²) in [6.07, 6.45) is -0.951. The van der Waals surface area contributed by atoms with Gasteiger partial charge in [0.05, 0.1) is 24.7 Å². The Morgan fingerprint density at radius 1 is 0.829 bits per heavy atom. The molecule has 1 N–H and O–H groups in total. The molecular formula is C27H32N2O5S. The fraction of sp³-hybridized carbons (Fsp3) is 0.333. The number of methoxy groups -OCH3 is 1. The van der Waals surface area contributed by atoms with Crippen molar-refractivity contribution >= 4 is 10.0 Å². The lowest BCUT2D eigenvalue weighted by Crippen LogP contribution is -2.50. The first-order valence-corrected chi connectivity index (χ1v) is 13.2. The standard InChI is InChI=1S/C27H32N2O5S/c1-33-25-12-14-26(15-13-25)35(31,32)29-18-16-28(17-19-29)20-24(30)21-34-27(22-8-4-2-5-9-22)23-10-6-3-7-11-23/h2-15,24,27,30H,16-21H2,1H3. The number of piperazine rings is 1. The maximum atomic E-state index is 13.0. The molecule has 8 heteroatoms. The van der Waals surface area contributed by atoms with Gasteiger partial charge >= 0.3 is 0 Å². The van der Waals surface area contributed by atoms with Gasteiger partial charge in [-0.25, -0.2) is 8.42 Å². The molecule has 3 aromatic carbocycles. The number of aliphatic hydroxyl groups is 1. The topological polar surface area (TPSA) is 79.3 Å². The third-order valence-electron chi connectivity index (χ3n) is 6.16. The second-order valence-corrected chi connectivity index (χ2v) is 10.5. The molecule has 1 unspecified atom stereocenters. The first-order chi connectivity index (χ1) is 17.0. The highest BCUT2D eigenvalue weighted by Gasteiger charge is 2.29. The minimum absolute atomic E-state index is 0.179. The quantitative estimate of drug-likeness (QED) is 0.465. The Bertz CT molecular complexity index is 1110. The summed E-state index contributed by atoms with van der Waals surface area (Å²) in [5.41, 5.74) is 2.06. The van der Waals surface area contributed by atoms with E-state index in [0.29, 0.717) is 38.5 Å². The van der Waals surface area contributed by atoms with Gasteiger partial charge in [0.1, 0.15) is 11.9 Å². The lowest BCUT2D eigenvalue weighted by Gasteiger charge is -2.35. The predicted octanol–water partition coefficient (Wildman–Crippen LogP) is 3.17. The minimum atomic E-state index is -3.56. The maximum absolute atomic E-state index is 13.0. The van der Waals surface area contributed by atoms with Crippen LogP contribution in [0.25, 0.3) is 0 Å². The van der Waals surface area contributed by atoms with Crippen LogP contribution in [-0.4, -0.2) is 75.3 Å². The number of aliphatic hydroxyl groups excluding tert-OH is 1. The van der Waals surface area contributed by atoms with Crippen LogP contribution in [0.15, 0.2) is 89.8 Å². The fourth-order valence-corrected chi connectivity index (χ4v) is 5.67. The number of rotatable bonds is 10. The van der Waals surface area contributed by atoms with E-state index >= 15 is 0 Å². The molecule has 1 aliphatic heterocycles. The van der Waals surface area contributed by atoms with Crippen LogP contribution in [0.1, 0.15) is 17.2 Å². The number of nitrogens with zero attached hydrogens (tertiary/aromatic N) is 2. The van der Waals surface area contributed by atoms with Gasteiger partial charge in [0.25, 0.3) is 0 Å². The van der Waals surface area contributed by atoms with Crippen LogP contribution in [0.2, 0.25) is 0 Å². The van der Waals surface area contributed by atoms with E-state index in [4.69, 9.17) is 9.47 Å². The largest absolute Gasteiger partial charge is 0.497 e. The monoisotopic (exact) mass is 496 g/mol. The van der Waals surface area contributed by atoms with Crippen molar-refractivity contribution in [2.24, 2.45) is 0 Å². The normalized spacial score (nSPS) is 16.3. The summed E-state index contributed by atoms with van der Waals surface area (Å²) >= 11 is 0. The molecule has 35 heavy (non-hydrogen) atoms. The molecule has 0 radical (unpaired) electrons. The van der Waals surface area contributed by atoms with Crippen LogP contribution in [-0.2, 0) is 14.8 Å². The van der Waals surface area contributed by atoms with Crippen LogP contribution >= 0.6 is 0 Å². The highest BCUT2D eigenvalue weighted by molar-refractivity contribution is 7.89. The molecule has 7 nitrogen and oxygen atoms in total. The number of hydrogen-bond donors (Lipinski definition) is 1. The molecule has 3 aromatic rings. The Labute approximate surface area is 207 Å². The van der Waals surface area contributed by atoms with Crippen LogP contribution < -0.4 is 4.74 Å². The van der Waals surface area contributed by atoms with E-state index in [0.717, 1.165) is 11.1 Å². The lowest BCUT2D eigenvalue weighted by molar-refractivity contribution is -0.0117. The number of sulfonamides is 1. The second-order valence-electron chi connectivity index (χ2n) is 8.57. The molecule has 1 fully saturated rings. The zero-order valence-corrected chi connectivity index (χ0v) is 20.7. The third kappa shape index (κ3) is 6.48. The summed E-state index contributed by atoms with van der Waals surface area (Å²) in [7, 11) is -2.01. The summed E-state index contributed by atoms with van der Waals surface area (Å²) in [6, 6.07) is 26.4. The van der Waals surface area contributed by atoms with Gasteiger partial charge in [0.2, 0.25) is 10.0 Å². The minimum Gasteiger partial charge on any atom is -0.497 e. The SMILES string of the molecule is COc1ccc(S(=O)(=O)N2CCN(CC(O)COC(c3ccccc3)c3ccccc3)CC2)cc1. The Morgan fingerprint density at radius 2 is 1.37 bits per heavy atom. The Hall–Kier alpha value is -2.75. The zero-order chi connectivity index (χ0) is 24.7. The van der Waals surface area contributed by atoms with Crippen molar-refractivity contribution in [1.29, 1.82) is 0 Å². The molecule has 1 aliphatic rings. The number of benzene rings is 3. The summed E-state index contributed by atoms with van der Waals surface area (Å²) in [5.74, 6) is 0.617. The van der Waals surface area contributed by atoms with E-state index in [9.17, 15) is 13.5 Å². The van der Waals surface area contributed by atoms with E-state index in [1.54, 1.807) is 31.4 Å². The van der Waals surface area contributed by atoms with Gasteiger partial charge in [-0.1, -0.05) is 60.7 Å². The van der Waals surface area contributed by atoms with Crippen LogP contribution in [0, 0.1) is 0 Å². The maximum Gasteiger partial charge on any atom is 0.243 e. The number of hydrogen-bond acceptors (Lipinski definition) is 6. The second kappa shape index (κ2) is 11.8. The highest BCUT2D eigenvalue weighted by Crippen LogP contribution is 2.26. The third-order valence-corrected chi connectivity index (χ3v) is 8.07. The van der Waals surface area contributed by atoms with Crippen molar-refractivity contribution < 1.29 is 23.0 Å². The zero-order valence-electron chi connectivity index (χ0n) is 19.9. The summed E-state index contributed by atoms with van der Waals surface area (Å²) in [6.45, 7) is 2.45. The Balaban J connectivity index is 1.30. The van der Waals surface area contributed by atoms with E-state index in [1.807, 2.05) is 60.7 Å². The van der Waals surface area contributed by atoms with Crippen molar-refractivity contribution in [3.05, 3.63) is 96.1 Å². The van der Waals surface area contributed by atoms with E-state index in [2.05, 4.69) is 4.90 Å². The predicted molar refractivity (Wildman–Crippen MR) is 135 cm³/mol. The highest BCUT2D eigenvalue weighted by atomic mass is 32.2. The lowest BCUT2D eigenvalue weighted by atomic mass is 10.0. The summed E-state index contributed by atoms with van der Waals surface area (Å²) < 4.78 is 38.7. The summed E-state index contributed by atoms with van der Waals surface area (Å²) in [4.78, 5) is 2.33. The molecule has 1 heterocycles. The molecule has 186 valence electrons. The molecule has 1 saturated heterocycles. The molecule has 0 aliphatic carbocycles. The molecule has 0 saturated carbocycles. The van der Waals surface area contributed by atoms with Gasteiger partial charge < -0.3 is 14.6 Å². The van der Waals surface area contributed by atoms with Crippen molar-refractivity contribution in [2.75, 3.05) is 46.4 Å². The average Bonchev–Trinajstić information content (AvgIpc) is 2.90. The van der Waals surface area contributed by atoms with Gasteiger partial charge in [-0.3, -0.25) is 4.90 Å². The number of ether oxygens (including phenoxy) is 2. The summed E-state index contributed by atoms with van der Waals surface area (Å²) in [5, 5.41) is 10.7. The van der Waals surface area contributed by atoms with Gasteiger partial charge in [-0.2, -0.15) is 4.31 Å². The smallest absolute Gasteiger partial charge is 0.243 e. The number of β-amino-alcohol motifs (C(OH)–C–C–N with tert-alkyl or cyclic N) is 1. The molecule has 0 aromatic heterocycles. The fourth-order valence-electron chi connectivity index (χ4n) is 4.25. The van der Waals surface area contributed by atoms with Gasteiger partial charge in [-0.05, 0) is 35.4 Å². The van der Waals surface area contributed by atoms with Crippen LogP contribution in [0.4, 0.5) is 0 Å². The molecule has 0 spiro atoms. The Kier molecular flexibility index (Phi) is 8.54. The van der Waals surface area contributed by atoms with Crippen LogP contribution in [0.3, 0.4) is 0 Å². The first-order valence-electron chi connectivity index (χ1n) is 11.7. The van der Waals surface area contributed by atoms with E-state index in [-0.39, 0.29) is 17.6 Å². The van der Waals surface area contributed by atoms with Crippen molar-refractivity contribution in [1.82, 2.24) is 9.21 Å². The Morgan fingerprint density at radius 3 is 1.89 bits per heavy atom.